The van der Waals surface area contributed by atoms with Gasteiger partial charge in [-0.3, -0.25) is 0 Å². The van der Waals surface area contributed by atoms with Gasteiger partial charge in [0.25, 0.3) is 0 Å². The Hall–Kier alpha value is -3.19. The molecule has 0 saturated carbocycles. The van der Waals surface area contributed by atoms with E-state index < -0.39 is 11.8 Å². The number of pyridine rings is 1. The second-order valence-corrected chi connectivity index (χ2v) is 7.16. The Bertz CT molecular complexity index is 984. The molecule has 3 aromatic rings. The summed E-state index contributed by atoms with van der Waals surface area (Å²) in [6.07, 6.45) is -2.65. The second-order valence-electron chi connectivity index (χ2n) is 7.16. The molecule has 0 fully saturated rings. The molecule has 1 heterocycles. The monoisotopic (exact) mass is 429 g/mol. The van der Waals surface area contributed by atoms with Gasteiger partial charge in [0.2, 0.25) is 12.3 Å². The lowest BCUT2D eigenvalue weighted by Gasteiger charge is -2.29. The molecule has 1 aromatic heterocycles. The predicted molar refractivity (Wildman–Crippen MR) is 113 cm³/mol. The predicted octanol–water partition coefficient (Wildman–Crippen LogP) is 5.63. The molecule has 0 bridgehead atoms. The molecule has 0 aliphatic carbocycles. The van der Waals surface area contributed by atoms with Gasteiger partial charge in [-0.25, -0.2) is 13.8 Å². The maximum Gasteiger partial charge on any atom is 0.250 e. The van der Waals surface area contributed by atoms with Crippen molar-refractivity contribution >= 4 is 0 Å². The number of alkyl halides is 2. The van der Waals surface area contributed by atoms with Crippen molar-refractivity contribution in [1.29, 1.82) is 0 Å². The normalized spacial score (nSPS) is 13.0. The molecule has 0 spiro atoms. The lowest BCUT2D eigenvalue weighted by atomic mass is 9.83. The summed E-state index contributed by atoms with van der Waals surface area (Å²) in [7, 11) is 2.96. The van der Waals surface area contributed by atoms with Gasteiger partial charge in [-0.2, -0.15) is 0 Å². The molecular formula is C24H25F2NO4. The number of aromatic nitrogens is 1. The van der Waals surface area contributed by atoms with E-state index in [9.17, 15) is 8.78 Å². The van der Waals surface area contributed by atoms with Gasteiger partial charge in [-0.05, 0) is 42.8 Å². The molecule has 5 nitrogen and oxygen atoms in total. The van der Waals surface area contributed by atoms with Gasteiger partial charge in [0.15, 0.2) is 11.5 Å². The molecule has 1 atom stereocenters. The molecule has 3 rings (SSSR count). The highest BCUT2D eigenvalue weighted by molar-refractivity contribution is 5.45. The number of nitrogens with zero attached hydrogens (tertiary/aromatic N) is 1. The molecule has 0 saturated heterocycles. The largest absolute Gasteiger partial charge is 0.493 e. The number of ether oxygens (including phenoxy) is 4. The number of hydrogen-bond acceptors (Lipinski definition) is 5. The zero-order valence-electron chi connectivity index (χ0n) is 17.7. The maximum atomic E-state index is 14.0. The van der Waals surface area contributed by atoms with Crippen molar-refractivity contribution in [3.63, 3.8) is 0 Å². The molecule has 0 amide bonds. The fourth-order valence-electron chi connectivity index (χ4n) is 3.04. The molecule has 0 aliphatic heterocycles. The minimum absolute atomic E-state index is 0.0710. The van der Waals surface area contributed by atoms with E-state index in [1.165, 1.54) is 21.1 Å². The van der Waals surface area contributed by atoms with Crippen molar-refractivity contribution in [2.45, 2.75) is 25.4 Å². The summed E-state index contributed by atoms with van der Waals surface area (Å²) in [5.41, 5.74) is -0.552. The van der Waals surface area contributed by atoms with Crippen LogP contribution < -0.4 is 14.2 Å². The molecule has 164 valence electrons. The van der Waals surface area contributed by atoms with Crippen molar-refractivity contribution in [3.8, 4) is 23.1 Å². The van der Waals surface area contributed by atoms with Gasteiger partial charge in [-0.15, -0.1) is 0 Å². The Kier molecular flexibility index (Phi) is 7.41. The van der Waals surface area contributed by atoms with Gasteiger partial charge < -0.3 is 18.9 Å². The quantitative estimate of drug-likeness (QED) is 0.418. The first-order valence-corrected chi connectivity index (χ1v) is 9.73. The number of methoxy groups -OCH3 is 2. The van der Waals surface area contributed by atoms with Crippen molar-refractivity contribution in [2.24, 2.45) is 0 Å². The van der Waals surface area contributed by atoms with E-state index in [0.717, 1.165) is 0 Å². The van der Waals surface area contributed by atoms with Gasteiger partial charge in [0.05, 0.1) is 38.5 Å². The van der Waals surface area contributed by atoms with Gasteiger partial charge in [0.1, 0.15) is 5.75 Å². The zero-order valence-corrected chi connectivity index (χ0v) is 17.7. The number of benzene rings is 2. The van der Waals surface area contributed by atoms with Gasteiger partial charge >= 0.3 is 0 Å². The average molecular weight is 429 g/mol. The molecule has 7 heteroatoms. The van der Waals surface area contributed by atoms with Crippen LogP contribution in [0.3, 0.4) is 0 Å². The summed E-state index contributed by atoms with van der Waals surface area (Å²) in [6, 6.07) is 19.3. The van der Waals surface area contributed by atoms with Crippen LogP contribution in [-0.2, 0) is 16.8 Å². The third-order valence-electron chi connectivity index (χ3n) is 4.92. The van der Waals surface area contributed by atoms with E-state index in [1.807, 2.05) is 30.3 Å². The molecule has 0 N–H and O–H groups in total. The van der Waals surface area contributed by atoms with Crippen LogP contribution in [0.1, 0.15) is 18.2 Å². The summed E-state index contributed by atoms with van der Waals surface area (Å²) >= 11 is 0. The molecule has 31 heavy (non-hydrogen) atoms. The van der Waals surface area contributed by atoms with Crippen LogP contribution in [0.5, 0.6) is 23.1 Å². The third kappa shape index (κ3) is 5.49. The summed E-state index contributed by atoms with van der Waals surface area (Å²) < 4.78 is 49.9. The van der Waals surface area contributed by atoms with Crippen LogP contribution in [0.15, 0.2) is 66.7 Å². The first-order chi connectivity index (χ1) is 15.0. The fourth-order valence-corrected chi connectivity index (χ4v) is 3.04. The second kappa shape index (κ2) is 10.2. The van der Waals surface area contributed by atoms with E-state index in [-0.39, 0.29) is 13.2 Å². The zero-order chi connectivity index (χ0) is 22.3. The minimum atomic E-state index is -2.65. The van der Waals surface area contributed by atoms with E-state index in [0.29, 0.717) is 34.4 Å². The highest BCUT2D eigenvalue weighted by Gasteiger charge is 2.38. The minimum Gasteiger partial charge on any atom is -0.493 e. The van der Waals surface area contributed by atoms with Gasteiger partial charge in [-0.1, -0.05) is 30.3 Å². The maximum absolute atomic E-state index is 14.0. The van der Waals surface area contributed by atoms with Crippen LogP contribution in [0.4, 0.5) is 8.78 Å². The lowest BCUT2D eigenvalue weighted by Crippen LogP contribution is -2.36. The standard InChI is InChI=1S/C24H25F2NO4/c1-24(23(25)26,17-12-13-20(28-2)21(14-17)29-3)16-30-15-18-8-7-11-22(27-18)31-19-9-5-4-6-10-19/h4-14,23H,15-16H2,1-3H3. The van der Waals surface area contributed by atoms with Crippen molar-refractivity contribution in [1.82, 2.24) is 4.98 Å². The molecule has 0 aliphatic rings. The van der Waals surface area contributed by atoms with Crippen LogP contribution in [0.2, 0.25) is 0 Å². The SMILES string of the molecule is COc1ccc(C(C)(COCc2cccc(Oc3ccccc3)n2)C(F)F)cc1OC. The summed E-state index contributed by atoms with van der Waals surface area (Å²) in [5, 5.41) is 0. The number of hydrogen-bond donors (Lipinski definition) is 0. The molecule has 1 unspecified atom stereocenters. The number of rotatable bonds is 10. The van der Waals surface area contributed by atoms with Crippen molar-refractivity contribution in [3.05, 3.63) is 78.0 Å². The first kappa shape index (κ1) is 22.5. The van der Waals surface area contributed by atoms with Crippen LogP contribution in [0, 0.1) is 0 Å². The van der Waals surface area contributed by atoms with Gasteiger partial charge in [0, 0.05) is 6.07 Å². The molecular weight excluding hydrogens is 404 g/mol. The van der Waals surface area contributed by atoms with Crippen molar-refractivity contribution < 1.29 is 27.7 Å². The first-order valence-electron chi connectivity index (χ1n) is 9.73. The fraction of sp³-hybridized carbons (Fsp3) is 0.292. The highest BCUT2D eigenvalue weighted by atomic mass is 19.3. The molecule has 2 aromatic carbocycles. The summed E-state index contributed by atoms with van der Waals surface area (Å²) in [6.45, 7) is 1.33. The Morgan fingerprint density at radius 2 is 1.65 bits per heavy atom. The Labute approximate surface area is 180 Å². The Balaban J connectivity index is 1.69. The molecule has 0 radical (unpaired) electrons. The van der Waals surface area contributed by atoms with Crippen LogP contribution >= 0.6 is 0 Å². The average Bonchev–Trinajstić information content (AvgIpc) is 2.79. The number of halogens is 2. The van der Waals surface area contributed by atoms with E-state index >= 15 is 0 Å². The Morgan fingerprint density at radius 3 is 2.32 bits per heavy atom. The Morgan fingerprint density at radius 1 is 0.903 bits per heavy atom. The topological polar surface area (TPSA) is 49.8 Å². The van der Waals surface area contributed by atoms with E-state index in [4.69, 9.17) is 18.9 Å². The van der Waals surface area contributed by atoms with Crippen LogP contribution in [-0.4, -0.2) is 32.2 Å². The summed E-state index contributed by atoms with van der Waals surface area (Å²) in [5.74, 6) is 1.93. The number of para-hydroxylation sites is 1. The van der Waals surface area contributed by atoms with Crippen LogP contribution in [0.25, 0.3) is 0 Å². The van der Waals surface area contributed by atoms with Crippen molar-refractivity contribution in [2.75, 3.05) is 20.8 Å². The smallest absolute Gasteiger partial charge is 0.250 e. The highest BCUT2D eigenvalue weighted by Crippen LogP contribution is 2.37. The lowest BCUT2D eigenvalue weighted by molar-refractivity contribution is -0.0136. The van der Waals surface area contributed by atoms with E-state index in [2.05, 4.69) is 4.98 Å². The van der Waals surface area contributed by atoms with E-state index in [1.54, 1.807) is 36.4 Å². The summed E-state index contributed by atoms with van der Waals surface area (Å²) in [4.78, 5) is 4.38. The third-order valence-corrected chi connectivity index (χ3v) is 4.92.